The first kappa shape index (κ1) is 16.8. The summed E-state index contributed by atoms with van der Waals surface area (Å²) in [6.45, 7) is 6.42. The monoisotopic (exact) mass is 339 g/mol. The Balaban J connectivity index is 1.69. The van der Waals surface area contributed by atoms with Crippen LogP contribution in [0.1, 0.15) is 25.2 Å². The first-order valence-corrected chi connectivity index (χ1v) is 7.87. The fraction of sp³-hybridized carbons (Fsp3) is 0.500. The highest BCUT2D eigenvalue weighted by Crippen LogP contribution is 2.31. The van der Waals surface area contributed by atoms with Crippen LogP contribution in [0.3, 0.4) is 0 Å². The standard InChI is InChI=1S/C16H20F3N5/c1-11-7-23(14-5-3-13(4-6-14)16(17,18)19)8-12(2)24(11)9-15-20-10-21-22-15/h3-6,10-12H,7-9H2,1-2H3,(H,20,21,22). The summed E-state index contributed by atoms with van der Waals surface area (Å²) >= 11 is 0. The van der Waals surface area contributed by atoms with Gasteiger partial charge in [-0.1, -0.05) is 0 Å². The molecule has 2 heterocycles. The highest BCUT2D eigenvalue weighted by molar-refractivity contribution is 5.49. The molecule has 0 saturated carbocycles. The van der Waals surface area contributed by atoms with Gasteiger partial charge in [0.05, 0.1) is 12.1 Å². The quantitative estimate of drug-likeness (QED) is 0.934. The molecule has 0 bridgehead atoms. The second-order valence-corrected chi connectivity index (χ2v) is 6.25. The highest BCUT2D eigenvalue weighted by Gasteiger charge is 2.32. The molecule has 8 heteroatoms. The van der Waals surface area contributed by atoms with Gasteiger partial charge in [-0.25, -0.2) is 4.98 Å². The summed E-state index contributed by atoms with van der Waals surface area (Å²) in [6, 6.07) is 5.89. The van der Waals surface area contributed by atoms with Crippen molar-refractivity contribution in [3.63, 3.8) is 0 Å². The predicted octanol–water partition coefficient (Wildman–Crippen LogP) is 2.92. The molecule has 2 unspecified atom stereocenters. The normalized spacial score (nSPS) is 22.8. The van der Waals surface area contributed by atoms with Crippen molar-refractivity contribution in [3.05, 3.63) is 42.0 Å². The van der Waals surface area contributed by atoms with Crippen molar-refractivity contribution in [2.75, 3.05) is 18.0 Å². The second kappa shape index (κ2) is 6.43. The first-order chi connectivity index (χ1) is 11.3. The molecule has 1 aromatic carbocycles. The maximum atomic E-state index is 12.7. The third kappa shape index (κ3) is 3.53. The molecule has 1 aliphatic heterocycles. The topological polar surface area (TPSA) is 48.1 Å². The minimum atomic E-state index is -4.30. The average Bonchev–Trinajstić information content (AvgIpc) is 3.03. The van der Waals surface area contributed by atoms with Crippen LogP contribution in [0.15, 0.2) is 30.6 Å². The number of piperazine rings is 1. The Kier molecular flexibility index (Phi) is 4.49. The third-order valence-electron chi connectivity index (χ3n) is 4.46. The number of alkyl halides is 3. The average molecular weight is 339 g/mol. The van der Waals surface area contributed by atoms with Gasteiger partial charge in [0.15, 0.2) is 0 Å². The van der Waals surface area contributed by atoms with E-state index in [9.17, 15) is 13.2 Å². The summed E-state index contributed by atoms with van der Waals surface area (Å²) in [4.78, 5) is 8.61. The van der Waals surface area contributed by atoms with Crippen molar-refractivity contribution in [2.45, 2.75) is 38.7 Å². The lowest BCUT2D eigenvalue weighted by molar-refractivity contribution is -0.137. The molecule has 5 nitrogen and oxygen atoms in total. The third-order valence-corrected chi connectivity index (χ3v) is 4.46. The van der Waals surface area contributed by atoms with E-state index in [1.807, 2.05) is 0 Å². The van der Waals surface area contributed by atoms with Gasteiger partial charge in [-0.2, -0.15) is 18.3 Å². The van der Waals surface area contributed by atoms with Crippen LogP contribution < -0.4 is 4.90 Å². The Bertz CT molecular complexity index is 641. The SMILES string of the molecule is CC1CN(c2ccc(C(F)(F)F)cc2)CC(C)N1Cc1ncn[nH]1. The number of halogens is 3. The van der Waals surface area contributed by atoms with Gasteiger partial charge in [-0.05, 0) is 38.1 Å². The molecule has 2 aromatic rings. The lowest BCUT2D eigenvalue weighted by Crippen LogP contribution is -2.56. The van der Waals surface area contributed by atoms with Gasteiger partial charge in [0, 0.05) is 30.9 Å². The van der Waals surface area contributed by atoms with Gasteiger partial charge < -0.3 is 4.90 Å². The number of aromatic nitrogens is 3. The first-order valence-electron chi connectivity index (χ1n) is 7.87. The van der Waals surface area contributed by atoms with E-state index in [2.05, 4.69) is 38.8 Å². The van der Waals surface area contributed by atoms with Crippen LogP contribution in [-0.2, 0) is 12.7 Å². The number of benzene rings is 1. The van der Waals surface area contributed by atoms with E-state index < -0.39 is 11.7 Å². The second-order valence-electron chi connectivity index (χ2n) is 6.25. The number of anilines is 1. The zero-order chi connectivity index (χ0) is 17.3. The van der Waals surface area contributed by atoms with E-state index in [0.717, 1.165) is 36.7 Å². The van der Waals surface area contributed by atoms with Gasteiger partial charge in [-0.15, -0.1) is 0 Å². The molecule has 1 fully saturated rings. The van der Waals surface area contributed by atoms with Crippen LogP contribution in [0, 0.1) is 0 Å². The van der Waals surface area contributed by atoms with Crippen LogP contribution >= 0.6 is 0 Å². The van der Waals surface area contributed by atoms with E-state index in [4.69, 9.17) is 0 Å². The number of aromatic amines is 1. The molecule has 1 saturated heterocycles. The molecule has 0 amide bonds. The summed E-state index contributed by atoms with van der Waals surface area (Å²) < 4.78 is 38.0. The molecular formula is C16H20F3N5. The zero-order valence-corrected chi connectivity index (χ0v) is 13.6. The molecule has 0 spiro atoms. The number of nitrogens with one attached hydrogen (secondary N) is 1. The van der Waals surface area contributed by atoms with Crippen molar-refractivity contribution in [1.82, 2.24) is 20.1 Å². The van der Waals surface area contributed by atoms with Gasteiger partial charge in [-0.3, -0.25) is 10.00 Å². The van der Waals surface area contributed by atoms with Gasteiger partial charge in [0.25, 0.3) is 0 Å². The van der Waals surface area contributed by atoms with Crippen LogP contribution in [0.4, 0.5) is 18.9 Å². The lowest BCUT2D eigenvalue weighted by atomic mass is 10.1. The van der Waals surface area contributed by atoms with E-state index in [-0.39, 0.29) is 12.1 Å². The Morgan fingerprint density at radius 1 is 1.12 bits per heavy atom. The minimum Gasteiger partial charge on any atom is -0.368 e. The van der Waals surface area contributed by atoms with E-state index >= 15 is 0 Å². The molecule has 0 aliphatic carbocycles. The van der Waals surface area contributed by atoms with Crippen LogP contribution in [-0.4, -0.2) is 45.3 Å². The number of hydrogen-bond acceptors (Lipinski definition) is 4. The molecule has 3 rings (SSSR count). The molecular weight excluding hydrogens is 319 g/mol. The van der Waals surface area contributed by atoms with Crippen molar-refractivity contribution in [3.8, 4) is 0 Å². The maximum Gasteiger partial charge on any atom is 0.416 e. The maximum absolute atomic E-state index is 12.7. The van der Waals surface area contributed by atoms with Crippen LogP contribution in [0.5, 0.6) is 0 Å². The summed E-state index contributed by atoms with van der Waals surface area (Å²) in [7, 11) is 0. The summed E-state index contributed by atoms with van der Waals surface area (Å²) in [5, 5.41) is 6.73. The Morgan fingerprint density at radius 3 is 2.25 bits per heavy atom. The Hall–Kier alpha value is -2.09. The summed E-state index contributed by atoms with van der Waals surface area (Å²) in [5.74, 6) is 0.816. The molecule has 1 N–H and O–H groups in total. The molecule has 0 radical (unpaired) electrons. The van der Waals surface area contributed by atoms with Gasteiger partial charge >= 0.3 is 6.18 Å². The van der Waals surface area contributed by atoms with Gasteiger partial charge in [0.2, 0.25) is 0 Å². The van der Waals surface area contributed by atoms with Crippen LogP contribution in [0.2, 0.25) is 0 Å². The molecule has 130 valence electrons. The van der Waals surface area contributed by atoms with Crippen molar-refractivity contribution in [2.24, 2.45) is 0 Å². The number of nitrogens with zero attached hydrogens (tertiary/aromatic N) is 4. The predicted molar refractivity (Wildman–Crippen MR) is 84.5 cm³/mol. The van der Waals surface area contributed by atoms with Crippen molar-refractivity contribution in [1.29, 1.82) is 0 Å². The molecule has 2 atom stereocenters. The Morgan fingerprint density at radius 2 is 1.75 bits per heavy atom. The fourth-order valence-electron chi connectivity index (χ4n) is 3.22. The smallest absolute Gasteiger partial charge is 0.368 e. The number of H-pyrrole nitrogens is 1. The highest BCUT2D eigenvalue weighted by atomic mass is 19.4. The summed E-state index contributed by atoms with van der Waals surface area (Å²) in [5.41, 5.74) is 0.206. The Labute approximate surface area is 138 Å². The van der Waals surface area contributed by atoms with E-state index in [1.54, 1.807) is 12.1 Å². The van der Waals surface area contributed by atoms with E-state index in [0.29, 0.717) is 6.54 Å². The molecule has 24 heavy (non-hydrogen) atoms. The number of rotatable bonds is 3. The largest absolute Gasteiger partial charge is 0.416 e. The molecule has 1 aliphatic rings. The van der Waals surface area contributed by atoms with Gasteiger partial charge in [0.1, 0.15) is 12.2 Å². The fourth-order valence-corrected chi connectivity index (χ4v) is 3.22. The van der Waals surface area contributed by atoms with Crippen LogP contribution in [0.25, 0.3) is 0 Å². The van der Waals surface area contributed by atoms with Crippen molar-refractivity contribution >= 4 is 5.69 Å². The number of hydrogen-bond donors (Lipinski definition) is 1. The molecule has 1 aromatic heterocycles. The minimum absolute atomic E-state index is 0.251. The van der Waals surface area contributed by atoms with Crippen molar-refractivity contribution < 1.29 is 13.2 Å². The zero-order valence-electron chi connectivity index (χ0n) is 13.6. The summed E-state index contributed by atoms with van der Waals surface area (Å²) in [6.07, 6.45) is -2.81. The lowest BCUT2D eigenvalue weighted by Gasteiger charge is -2.45. The van der Waals surface area contributed by atoms with E-state index in [1.165, 1.54) is 6.33 Å².